The van der Waals surface area contributed by atoms with E-state index in [9.17, 15) is 0 Å². The molecular formula is C20H48NiP2+2. The molecule has 0 aliphatic rings. The van der Waals surface area contributed by atoms with Crippen molar-refractivity contribution in [2.45, 2.75) is 117 Å². The molecule has 0 radical (unpaired) electrons. The molecule has 0 heterocycles. The van der Waals surface area contributed by atoms with Gasteiger partial charge in [0.25, 0.3) is 0 Å². The van der Waals surface area contributed by atoms with E-state index in [1.807, 2.05) is 0 Å². The molecule has 0 atom stereocenters. The van der Waals surface area contributed by atoms with Crippen LogP contribution in [0.3, 0.4) is 0 Å². The Morgan fingerprint density at radius 2 is 0.478 bits per heavy atom. The molecule has 0 aliphatic heterocycles. The molecule has 23 heavy (non-hydrogen) atoms. The van der Waals surface area contributed by atoms with E-state index in [0.717, 1.165) is 34.0 Å². The maximum Gasteiger partial charge on any atom is 0.0624 e. The van der Waals surface area contributed by atoms with Crippen LogP contribution >= 0.6 is 15.8 Å². The Hall–Kier alpha value is 1.09. The summed E-state index contributed by atoms with van der Waals surface area (Å²) < 4.78 is 0. The van der Waals surface area contributed by atoms with Crippen LogP contribution in [0.4, 0.5) is 0 Å². The first kappa shape index (κ1) is 31.8. The topological polar surface area (TPSA) is 0 Å². The van der Waals surface area contributed by atoms with Gasteiger partial charge in [0, 0.05) is 32.3 Å². The fourth-order valence-corrected chi connectivity index (χ4v) is 12.0. The van der Waals surface area contributed by atoms with Crippen LogP contribution in [0.2, 0.25) is 0 Å². The van der Waals surface area contributed by atoms with Crippen LogP contribution in [0.25, 0.3) is 0 Å². The second-order valence-corrected chi connectivity index (χ2v) is 16.9. The van der Waals surface area contributed by atoms with Crippen LogP contribution in [0, 0.1) is 0 Å². The normalized spacial score (nSPS) is 11.1. The van der Waals surface area contributed by atoms with E-state index in [-0.39, 0.29) is 32.3 Å². The fraction of sp³-hybridized carbons (Fsp3) is 0.900. The Morgan fingerprint density at radius 1 is 0.391 bits per heavy atom. The van der Waals surface area contributed by atoms with E-state index < -0.39 is 0 Å². The average molecular weight is 409 g/mol. The molecule has 0 bridgehead atoms. The summed E-state index contributed by atoms with van der Waals surface area (Å²) in [5.41, 5.74) is 5.61. The Balaban J connectivity index is -0.000000136. The van der Waals surface area contributed by atoms with E-state index in [2.05, 4.69) is 96.2 Å². The van der Waals surface area contributed by atoms with Gasteiger partial charge in [-0.25, -0.2) is 0 Å². The maximum atomic E-state index is 3.00. The van der Waals surface area contributed by atoms with Gasteiger partial charge in [0.15, 0.2) is 0 Å². The number of hydrogen-bond acceptors (Lipinski definition) is 0. The third kappa shape index (κ3) is 16.3. The molecule has 0 aromatic rings. The van der Waals surface area contributed by atoms with Crippen molar-refractivity contribution in [2.75, 3.05) is 0 Å². The van der Waals surface area contributed by atoms with Crippen LogP contribution in [0.1, 0.15) is 83.1 Å². The summed E-state index contributed by atoms with van der Waals surface area (Å²) in [6.07, 6.45) is 0. The Bertz CT molecular complexity index is 174. The van der Waals surface area contributed by atoms with Gasteiger partial charge in [0.1, 0.15) is 0 Å². The van der Waals surface area contributed by atoms with Crippen molar-refractivity contribution in [1.29, 1.82) is 0 Å². The van der Waals surface area contributed by atoms with Crippen LogP contribution in [0.5, 0.6) is 0 Å². The standard InChI is InChI=1S/2C9H21P.C2H4.Ni/c2*1-7(2)10(8(3)4)9(5)6;1-2;/h2*7-9H,1-6H3;1-2H2;/p+2. The predicted molar refractivity (Wildman–Crippen MR) is 119 cm³/mol. The summed E-state index contributed by atoms with van der Waals surface area (Å²) in [5, 5.41) is 0. The molecule has 0 fully saturated rings. The SMILES string of the molecule is C=C.CC(C)[PH+](C(C)C)C(C)C.CC(C)[PH+](C(C)C)C(C)C.[Ni]. The third-order valence-electron chi connectivity index (χ3n) is 4.00. The van der Waals surface area contributed by atoms with Crippen LogP contribution < -0.4 is 0 Å². The van der Waals surface area contributed by atoms with E-state index in [0.29, 0.717) is 0 Å². The molecule has 0 aromatic heterocycles. The summed E-state index contributed by atoms with van der Waals surface area (Å²) in [4.78, 5) is 0. The molecule has 0 unspecified atom stereocenters. The summed E-state index contributed by atoms with van der Waals surface area (Å²) in [5.74, 6) is 0. The maximum absolute atomic E-state index is 3.00. The first-order chi connectivity index (χ1) is 9.93. The van der Waals surface area contributed by atoms with E-state index in [4.69, 9.17) is 0 Å². The van der Waals surface area contributed by atoms with Crippen LogP contribution in [-0.2, 0) is 16.5 Å². The van der Waals surface area contributed by atoms with Crippen molar-refractivity contribution < 1.29 is 16.5 Å². The zero-order valence-corrected chi connectivity index (χ0v) is 21.2. The van der Waals surface area contributed by atoms with E-state index in [1.165, 1.54) is 0 Å². The fourth-order valence-electron chi connectivity index (χ4n) is 4.00. The zero-order chi connectivity index (χ0) is 18.6. The molecule has 0 amide bonds. The van der Waals surface area contributed by atoms with Crippen molar-refractivity contribution in [3.63, 3.8) is 0 Å². The quantitative estimate of drug-likeness (QED) is 0.240. The minimum Gasteiger partial charge on any atom is -0.106 e. The molecule has 0 rings (SSSR count). The molecule has 0 saturated carbocycles. The molecule has 0 N–H and O–H groups in total. The van der Waals surface area contributed by atoms with Crippen molar-refractivity contribution >= 4 is 15.8 Å². The van der Waals surface area contributed by atoms with Gasteiger partial charge in [-0.05, 0) is 83.1 Å². The monoisotopic (exact) mass is 408 g/mol. The van der Waals surface area contributed by atoms with Crippen LogP contribution in [-0.4, -0.2) is 34.0 Å². The Morgan fingerprint density at radius 3 is 0.478 bits per heavy atom. The van der Waals surface area contributed by atoms with Crippen molar-refractivity contribution in [1.82, 2.24) is 0 Å². The van der Waals surface area contributed by atoms with Crippen LogP contribution in [0.15, 0.2) is 13.2 Å². The number of hydrogen-bond donors (Lipinski definition) is 0. The van der Waals surface area contributed by atoms with Crippen molar-refractivity contribution in [3.05, 3.63) is 13.2 Å². The predicted octanol–water partition coefficient (Wildman–Crippen LogP) is 7.65. The largest absolute Gasteiger partial charge is 0.106 e. The minimum atomic E-state index is -0.0957. The van der Waals surface area contributed by atoms with Gasteiger partial charge in [-0.3, -0.25) is 0 Å². The zero-order valence-electron chi connectivity index (χ0n) is 18.2. The van der Waals surface area contributed by atoms with Crippen molar-refractivity contribution in [2.24, 2.45) is 0 Å². The summed E-state index contributed by atoms with van der Waals surface area (Å²) in [7, 11) is -0.191. The van der Waals surface area contributed by atoms with Crippen molar-refractivity contribution in [3.8, 4) is 0 Å². The summed E-state index contributed by atoms with van der Waals surface area (Å²) >= 11 is 0. The first-order valence-electron chi connectivity index (χ1n) is 9.16. The van der Waals surface area contributed by atoms with Gasteiger partial charge >= 0.3 is 0 Å². The Kier molecular flexibility index (Phi) is 24.8. The molecule has 3 heteroatoms. The van der Waals surface area contributed by atoms with Gasteiger partial charge in [-0.1, -0.05) is 0 Å². The van der Waals surface area contributed by atoms with Gasteiger partial charge < -0.3 is 0 Å². The van der Waals surface area contributed by atoms with Gasteiger partial charge in [0.2, 0.25) is 0 Å². The minimum absolute atomic E-state index is 0. The second-order valence-electron chi connectivity index (χ2n) is 7.93. The first-order valence-corrected chi connectivity index (χ1v) is 12.6. The average Bonchev–Trinajstić information content (AvgIpc) is 2.28. The number of rotatable bonds is 6. The van der Waals surface area contributed by atoms with Gasteiger partial charge in [-0.15, -0.1) is 13.2 Å². The van der Waals surface area contributed by atoms with E-state index >= 15 is 0 Å². The molecule has 0 nitrogen and oxygen atoms in total. The molecular weight excluding hydrogens is 361 g/mol. The van der Waals surface area contributed by atoms with E-state index in [1.54, 1.807) is 0 Å². The Labute approximate surface area is 162 Å². The second kappa shape index (κ2) is 17.9. The summed E-state index contributed by atoms with van der Waals surface area (Å²) in [6, 6.07) is 0. The smallest absolute Gasteiger partial charge is 0.0624 e. The molecule has 0 aromatic carbocycles. The van der Waals surface area contributed by atoms with Gasteiger partial charge in [-0.2, -0.15) is 0 Å². The summed E-state index contributed by atoms with van der Waals surface area (Å²) in [6.45, 7) is 34.4. The third-order valence-corrected chi connectivity index (χ3v) is 12.0. The molecule has 146 valence electrons. The molecule has 0 aliphatic carbocycles. The molecule has 0 saturated heterocycles. The molecule has 0 spiro atoms. The van der Waals surface area contributed by atoms with Gasteiger partial charge in [0.05, 0.1) is 34.0 Å².